The first kappa shape index (κ1) is 12.6. The maximum Gasteiger partial charge on any atom is 0.309 e. The average Bonchev–Trinajstić information content (AvgIpc) is 2.69. The fraction of sp³-hybridized carbons (Fsp3) is 0.615. The molecule has 2 heterocycles. The molecule has 0 spiro atoms. The first-order valence-electron chi connectivity index (χ1n) is 5.86. The van der Waals surface area contributed by atoms with Crippen LogP contribution in [0.15, 0.2) is 11.4 Å². The van der Waals surface area contributed by atoms with Gasteiger partial charge in [-0.15, -0.1) is 11.3 Å². The van der Waals surface area contributed by atoms with E-state index in [-0.39, 0.29) is 17.3 Å². The highest BCUT2D eigenvalue weighted by Gasteiger charge is 2.51. The summed E-state index contributed by atoms with van der Waals surface area (Å²) >= 11 is 1.72. The molecule has 1 aliphatic heterocycles. The van der Waals surface area contributed by atoms with E-state index in [1.165, 1.54) is 17.6 Å². The Kier molecular flexibility index (Phi) is 3.54. The molecule has 1 aromatic heterocycles. The quantitative estimate of drug-likeness (QED) is 0.775. The van der Waals surface area contributed by atoms with Gasteiger partial charge in [-0.1, -0.05) is 6.92 Å². The summed E-state index contributed by atoms with van der Waals surface area (Å²) in [4.78, 5) is 13.2. The molecule has 0 bridgehead atoms. The number of esters is 1. The second-order valence-electron chi connectivity index (χ2n) is 4.57. The van der Waals surface area contributed by atoms with Crippen molar-refractivity contribution in [2.45, 2.75) is 25.7 Å². The number of hydrogen-bond acceptors (Lipinski definition) is 4. The zero-order chi connectivity index (χ0) is 12.5. The van der Waals surface area contributed by atoms with Crippen LogP contribution in [0, 0.1) is 12.8 Å². The van der Waals surface area contributed by atoms with Gasteiger partial charge in [0.25, 0.3) is 0 Å². The topological polar surface area (TPSA) is 35.5 Å². The number of methoxy groups -OCH3 is 1. The van der Waals surface area contributed by atoms with Gasteiger partial charge in [-0.3, -0.25) is 4.79 Å². The van der Waals surface area contributed by atoms with Crippen molar-refractivity contribution in [3.05, 3.63) is 21.9 Å². The number of rotatable bonds is 4. The third-order valence-corrected chi connectivity index (χ3v) is 4.83. The number of hydrogen-bond donors (Lipinski definition) is 0. The van der Waals surface area contributed by atoms with Crippen molar-refractivity contribution in [1.29, 1.82) is 0 Å². The molecule has 4 heteroatoms. The van der Waals surface area contributed by atoms with Gasteiger partial charge in [0.05, 0.1) is 31.7 Å². The van der Waals surface area contributed by atoms with Gasteiger partial charge in [0, 0.05) is 4.88 Å². The second-order valence-corrected chi connectivity index (χ2v) is 5.48. The Bertz CT molecular complexity index is 407. The Hall–Kier alpha value is -0.870. The summed E-state index contributed by atoms with van der Waals surface area (Å²) in [5, 5.41) is 2.08. The summed E-state index contributed by atoms with van der Waals surface area (Å²) in [6.07, 6.45) is 0.785. The smallest absolute Gasteiger partial charge is 0.309 e. The standard InChI is InChI=1S/C13H18O3S/c1-4-10(12(14)15-3)13(7-16-8-13)11-9(2)5-6-17-11/h5-6,10H,4,7-8H2,1-3H3. The summed E-state index contributed by atoms with van der Waals surface area (Å²) in [5.74, 6) is -0.220. The van der Waals surface area contributed by atoms with Crippen LogP contribution in [0.3, 0.4) is 0 Å². The molecule has 3 nitrogen and oxygen atoms in total. The van der Waals surface area contributed by atoms with Crippen LogP contribution in [-0.4, -0.2) is 26.3 Å². The largest absolute Gasteiger partial charge is 0.469 e. The molecule has 1 aromatic rings. The van der Waals surface area contributed by atoms with E-state index in [0.717, 1.165) is 6.42 Å². The fourth-order valence-corrected chi connectivity index (χ4v) is 3.78. The van der Waals surface area contributed by atoms with Gasteiger partial charge in [0.2, 0.25) is 0 Å². The summed E-state index contributed by atoms with van der Waals surface area (Å²) in [6, 6.07) is 2.10. The van der Waals surface area contributed by atoms with E-state index < -0.39 is 0 Å². The molecule has 94 valence electrons. The van der Waals surface area contributed by atoms with Gasteiger partial charge in [-0.25, -0.2) is 0 Å². The van der Waals surface area contributed by atoms with Crippen molar-refractivity contribution in [2.75, 3.05) is 20.3 Å². The van der Waals surface area contributed by atoms with Gasteiger partial charge < -0.3 is 9.47 Å². The maximum absolute atomic E-state index is 11.9. The monoisotopic (exact) mass is 254 g/mol. The van der Waals surface area contributed by atoms with Crippen LogP contribution in [0.4, 0.5) is 0 Å². The van der Waals surface area contributed by atoms with Gasteiger partial charge in [-0.05, 0) is 30.4 Å². The highest BCUT2D eigenvalue weighted by Crippen LogP contribution is 2.45. The van der Waals surface area contributed by atoms with Gasteiger partial charge in [-0.2, -0.15) is 0 Å². The number of aryl methyl sites for hydroxylation is 1. The SMILES string of the molecule is CCC(C(=O)OC)C1(c2sccc2C)COC1. The van der Waals surface area contributed by atoms with Crippen LogP contribution < -0.4 is 0 Å². The molecule has 1 fully saturated rings. The van der Waals surface area contributed by atoms with Crippen LogP contribution >= 0.6 is 11.3 Å². The Labute approximate surface area is 106 Å². The maximum atomic E-state index is 11.9. The van der Waals surface area contributed by atoms with E-state index in [0.29, 0.717) is 13.2 Å². The fourth-order valence-electron chi connectivity index (χ4n) is 2.62. The van der Waals surface area contributed by atoms with Crippen LogP contribution in [0.1, 0.15) is 23.8 Å². The summed E-state index contributed by atoms with van der Waals surface area (Å²) in [5.41, 5.74) is 1.10. The molecule has 0 aromatic carbocycles. The molecule has 1 aliphatic rings. The molecular formula is C13H18O3S. The number of carbonyl (C=O) groups is 1. The minimum atomic E-state index is -0.153. The lowest BCUT2D eigenvalue weighted by Gasteiger charge is -2.45. The normalized spacial score (nSPS) is 19.5. The van der Waals surface area contributed by atoms with Crippen molar-refractivity contribution >= 4 is 17.3 Å². The number of thiophene rings is 1. The van der Waals surface area contributed by atoms with E-state index in [4.69, 9.17) is 9.47 Å². The molecule has 0 radical (unpaired) electrons. The Balaban J connectivity index is 2.37. The summed E-state index contributed by atoms with van der Waals surface area (Å²) < 4.78 is 10.3. The lowest BCUT2D eigenvalue weighted by molar-refractivity contribution is -0.160. The molecular weight excluding hydrogens is 236 g/mol. The van der Waals surface area contributed by atoms with Crippen molar-refractivity contribution in [3.63, 3.8) is 0 Å². The minimum Gasteiger partial charge on any atom is -0.469 e. The van der Waals surface area contributed by atoms with Crippen LogP contribution in [0.5, 0.6) is 0 Å². The Morgan fingerprint density at radius 3 is 2.71 bits per heavy atom. The molecule has 0 saturated carbocycles. The third kappa shape index (κ3) is 1.89. The molecule has 1 atom stereocenters. The predicted octanol–water partition coefficient (Wildman–Crippen LogP) is 2.52. The van der Waals surface area contributed by atoms with Crippen molar-refractivity contribution in [2.24, 2.45) is 5.92 Å². The first-order valence-corrected chi connectivity index (χ1v) is 6.74. The minimum absolute atomic E-state index is 0.0985. The first-order chi connectivity index (χ1) is 8.15. The van der Waals surface area contributed by atoms with E-state index >= 15 is 0 Å². The van der Waals surface area contributed by atoms with Gasteiger partial charge in [0.15, 0.2) is 0 Å². The Morgan fingerprint density at radius 1 is 1.65 bits per heavy atom. The second kappa shape index (κ2) is 4.78. The number of carbonyl (C=O) groups excluding carboxylic acids is 1. The van der Waals surface area contributed by atoms with Gasteiger partial charge >= 0.3 is 5.97 Å². The van der Waals surface area contributed by atoms with E-state index in [1.54, 1.807) is 11.3 Å². The summed E-state index contributed by atoms with van der Waals surface area (Å²) in [6.45, 7) is 5.38. The number of ether oxygens (including phenoxy) is 2. The zero-order valence-electron chi connectivity index (χ0n) is 10.5. The van der Waals surface area contributed by atoms with Gasteiger partial charge in [0.1, 0.15) is 0 Å². The lowest BCUT2D eigenvalue weighted by atomic mass is 9.70. The highest BCUT2D eigenvalue weighted by molar-refractivity contribution is 7.10. The summed E-state index contributed by atoms with van der Waals surface area (Å²) in [7, 11) is 1.46. The molecule has 1 saturated heterocycles. The van der Waals surface area contributed by atoms with E-state index in [9.17, 15) is 4.79 Å². The van der Waals surface area contributed by atoms with Crippen molar-refractivity contribution in [1.82, 2.24) is 0 Å². The molecule has 0 amide bonds. The lowest BCUT2D eigenvalue weighted by Crippen LogP contribution is -2.54. The van der Waals surface area contributed by atoms with Crippen LogP contribution in [0.2, 0.25) is 0 Å². The molecule has 0 aliphatic carbocycles. The highest BCUT2D eigenvalue weighted by atomic mass is 32.1. The molecule has 2 rings (SSSR count). The average molecular weight is 254 g/mol. The molecule has 0 N–H and O–H groups in total. The van der Waals surface area contributed by atoms with E-state index in [2.05, 4.69) is 18.4 Å². The van der Waals surface area contributed by atoms with Crippen LogP contribution in [0.25, 0.3) is 0 Å². The zero-order valence-corrected chi connectivity index (χ0v) is 11.3. The predicted molar refractivity (Wildman–Crippen MR) is 67.4 cm³/mol. The third-order valence-electron chi connectivity index (χ3n) is 3.59. The molecule has 17 heavy (non-hydrogen) atoms. The van der Waals surface area contributed by atoms with Crippen molar-refractivity contribution < 1.29 is 14.3 Å². The Morgan fingerprint density at radius 2 is 2.35 bits per heavy atom. The molecule has 1 unspecified atom stereocenters. The van der Waals surface area contributed by atoms with Crippen LogP contribution in [-0.2, 0) is 19.7 Å². The van der Waals surface area contributed by atoms with Crippen molar-refractivity contribution in [3.8, 4) is 0 Å². The van der Waals surface area contributed by atoms with E-state index in [1.807, 2.05) is 6.92 Å².